The number of anilines is 1. The van der Waals surface area contributed by atoms with Crippen molar-refractivity contribution in [3.8, 4) is 5.75 Å². The van der Waals surface area contributed by atoms with E-state index < -0.39 is 0 Å². The minimum absolute atomic E-state index is 0. The van der Waals surface area contributed by atoms with Gasteiger partial charge in [0, 0.05) is 38.1 Å². The van der Waals surface area contributed by atoms with Crippen molar-refractivity contribution in [1.82, 2.24) is 4.90 Å². The van der Waals surface area contributed by atoms with Gasteiger partial charge < -0.3 is 14.1 Å². The molecule has 1 aliphatic heterocycles. The molecular weight excluding hydrogens is 348 g/mol. The highest BCUT2D eigenvalue weighted by Gasteiger charge is 2.19. The summed E-state index contributed by atoms with van der Waals surface area (Å²) in [6, 6.07) is 18.4. The molecular formula is C21H25ClN2O2. The minimum atomic E-state index is 0. The molecule has 2 heterocycles. The van der Waals surface area contributed by atoms with Crippen LogP contribution in [0, 0.1) is 0 Å². The molecule has 2 aromatic carbocycles. The molecule has 3 aromatic rings. The predicted molar refractivity (Wildman–Crippen MR) is 109 cm³/mol. The van der Waals surface area contributed by atoms with E-state index >= 15 is 0 Å². The molecule has 0 unspecified atom stereocenters. The summed E-state index contributed by atoms with van der Waals surface area (Å²) < 4.78 is 11.5. The van der Waals surface area contributed by atoms with Gasteiger partial charge in [0.1, 0.15) is 5.75 Å². The number of nitrogens with zero attached hydrogens (tertiary/aromatic N) is 2. The van der Waals surface area contributed by atoms with Crippen LogP contribution in [0.3, 0.4) is 0 Å². The highest BCUT2D eigenvalue weighted by molar-refractivity contribution is 5.89. The van der Waals surface area contributed by atoms with Crippen LogP contribution in [0.4, 0.5) is 5.69 Å². The van der Waals surface area contributed by atoms with E-state index in [1.165, 1.54) is 11.1 Å². The molecule has 26 heavy (non-hydrogen) atoms. The maximum absolute atomic E-state index is 5.78. The summed E-state index contributed by atoms with van der Waals surface area (Å²) in [5.41, 5.74) is 2.22. The molecule has 0 radical (unpaired) electrons. The molecule has 0 spiro atoms. The smallest absolute Gasteiger partial charge is 0.157 e. The van der Waals surface area contributed by atoms with Gasteiger partial charge in [-0.25, -0.2) is 0 Å². The average Bonchev–Trinajstić information content (AvgIpc) is 3.15. The summed E-state index contributed by atoms with van der Waals surface area (Å²) in [7, 11) is 0. The van der Waals surface area contributed by atoms with Gasteiger partial charge >= 0.3 is 0 Å². The van der Waals surface area contributed by atoms with E-state index in [4.69, 9.17) is 9.15 Å². The van der Waals surface area contributed by atoms with E-state index in [9.17, 15) is 0 Å². The van der Waals surface area contributed by atoms with E-state index in [1.807, 2.05) is 36.4 Å². The van der Waals surface area contributed by atoms with Gasteiger partial charge in [0.15, 0.2) is 5.58 Å². The molecule has 0 atom stereocenters. The molecule has 0 saturated carbocycles. The Bertz CT molecular complexity index is 798. The maximum atomic E-state index is 5.78. The zero-order valence-electron chi connectivity index (χ0n) is 14.8. The maximum Gasteiger partial charge on any atom is 0.157 e. The Morgan fingerprint density at radius 3 is 2.50 bits per heavy atom. The minimum Gasteiger partial charge on any atom is -0.494 e. The molecule has 1 saturated heterocycles. The molecule has 0 N–H and O–H groups in total. The Labute approximate surface area is 160 Å². The van der Waals surface area contributed by atoms with Crippen molar-refractivity contribution in [2.45, 2.75) is 6.42 Å². The van der Waals surface area contributed by atoms with E-state index in [2.05, 4.69) is 28.0 Å². The molecule has 0 amide bonds. The zero-order chi connectivity index (χ0) is 16.9. The van der Waals surface area contributed by atoms with Crippen molar-refractivity contribution in [2.75, 3.05) is 44.2 Å². The van der Waals surface area contributed by atoms with Crippen LogP contribution >= 0.6 is 12.4 Å². The third kappa shape index (κ3) is 4.32. The van der Waals surface area contributed by atoms with Crippen LogP contribution in [-0.2, 0) is 0 Å². The number of hydrogen-bond donors (Lipinski definition) is 0. The summed E-state index contributed by atoms with van der Waals surface area (Å²) in [6.45, 7) is 6.12. The van der Waals surface area contributed by atoms with Crippen molar-refractivity contribution in [3.63, 3.8) is 0 Å². The first-order valence-corrected chi connectivity index (χ1v) is 9.01. The Morgan fingerprint density at radius 1 is 0.885 bits per heavy atom. The number of para-hydroxylation sites is 2. The van der Waals surface area contributed by atoms with Gasteiger partial charge in [0.05, 0.1) is 18.6 Å². The average molecular weight is 373 g/mol. The van der Waals surface area contributed by atoms with Crippen LogP contribution < -0.4 is 9.64 Å². The normalized spacial score (nSPS) is 15.0. The van der Waals surface area contributed by atoms with Gasteiger partial charge in [-0.2, -0.15) is 0 Å². The molecule has 138 valence electrons. The van der Waals surface area contributed by atoms with E-state index in [1.54, 1.807) is 6.26 Å². The number of piperazine rings is 1. The van der Waals surface area contributed by atoms with Gasteiger partial charge in [0.2, 0.25) is 0 Å². The molecule has 0 aliphatic carbocycles. The first-order valence-electron chi connectivity index (χ1n) is 9.01. The lowest BCUT2D eigenvalue weighted by Crippen LogP contribution is -2.46. The third-order valence-corrected chi connectivity index (χ3v) is 4.80. The van der Waals surface area contributed by atoms with Gasteiger partial charge in [0.25, 0.3) is 0 Å². The summed E-state index contributed by atoms with van der Waals surface area (Å²) in [6.07, 6.45) is 2.83. The molecule has 4 nitrogen and oxygen atoms in total. The summed E-state index contributed by atoms with van der Waals surface area (Å²) in [5, 5.41) is 1.18. The first-order chi connectivity index (χ1) is 12.4. The largest absolute Gasteiger partial charge is 0.494 e. The van der Waals surface area contributed by atoms with Crippen molar-refractivity contribution in [2.24, 2.45) is 0 Å². The Kier molecular flexibility index (Phi) is 6.42. The number of halogens is 1. The second-order valence-electron chi connectivity index (χ2n) is 6.46. The summed E-state index contributed by atoms with van der Waals surface area (Å²) in [5.74, 6) is 0.957. The molecule has 5 heteroatoms. The predicted octanol–water partition coefficient (Wildman–Crippen LogP) is 4.45. The fourth-order valence-electron chi connectivity index (χ4n) is 3.43. The standard InChI is InChI=1S/C21H24N2O2.ClH/c1-2-7-19(8-3-1)24-16-5-11-22-12-14-23(15-13-22)20-9-4-6-18-10-17-25-21(18)20;/h1-4,6-10,17H,5,11-16H2;1H. The van der Waals surface area contributed by atoms with Gasteiger partial charge in [-0.1, -0.05) is 30.3 Å². The van der Waals surface area contributed by atoms with Crippen molar-refractivity contribution >= 4 is 29.1 Å². The van der Waals surface area contributed by atoms with Crippen LogP contribution in [0.1, 0.15) is 6.42 Å². The number of benzene rings is 2. The lowest BCUT2D eigenvalue weighted by molar-refractivity contribution is 0.225. The third-order valence-electron chi connectivity index (χ3n) is 4.80. The summed E-state index contributed by atoms with van der Waals surface area (Å²) in [4.78, 5) is 4.95. The fourth-order valence-corrected chi connectivity index (χ4v) is 3.43. The van der Waals surface area contributed by atoms with Crippen LogP contribution in [0.25, 0.3) is 11.0 Å². The highest BCUT2D eigenvalue weighted by Crippen LogP contribution is 2.28. The van der Waals surface area contributed by atoms with E-state index in [0.29, 0.717) is 0 Å². The highest BCUT2D eigenvalue weighted by atomic mass is 35.5. The topological polar surface area (TPSA) is 28.9 Å². The van der Waals surface area contributed by atoms with Crippen molar-refractivity contribution < 1.29 is 9.15 Å². The second kappa shape index (κ2) is 8.97. The molecule has 1 fully saturated rings. The number of fused-ring (bicyclic) bond motifs is 1. The lowest BCUT2D eigenvalue weighted by Gasteiger charge is -2.36. The first kappa shape index (κ1) is 18.6. The molecule has 1 aliphatic rings. The monoisotopic (exact) mass is 372 g/mol. The lowest BCUT2D eigenvalue weighted by atomic mass is 10.2. The van der Waals surface area contributed by atoms with Crippen molar-refractivity contribution in [1.29, 1.82) is 0 Å². The molecule has 1 aromatic heterocycles. The van der Waals surface area contributed by atoms with Crippen LogP contribution in [-0.4, -0.2) is 44.2 Å². The van der Waals surface area contributed by atoms with Gasteiger partial charge in [-0.15, -0.1) is 12.4 Å². The van der Waals surface area contributed by atoms with Crippen LogP contribution in [0.2, 0.25) is 0 Å². The van der Waals surface area contributed by atoms with Gasteiger partial charge in [-0.05, 0) is 30.7 Å². The zero-order valence-corrected chi connectivity index (χ0v) is 15.7. The second-order valence-corrected chi connectivity index (χ2v) is 6.46. The number of furan rings is 1. The van der Waals surface area contributed by atoms with Crippen molar-refractivity contribution in [3.05, 3.63) is 60.9 Å². The van der Waals surface area contributed by atoms with Gasteiger partial charge in [-0.3, -0.25) is 4.90 Å². The SMILES string of the molecule is Cl.c1ccc(OCCCN2CCN(c3cccc4ccoc34)CC2)cc1. The Morgan fingerprint density at radius 2 is 1.69 bits per heavy atom. The van der Waals surface area contributed by atoms with E-state index in [0.717, 1.165) is 57.1 Å². The fraction of sp³-hybridized carbons (Fsp3) is 0.333. The van der Waals surface area contributed by atoms with E-state index in [-0.39, 0.29) is 12.4 Å². The number of rotatable bonds is 6. The Hall–Kier alpha value is -2.17. The summed E-state index contributed by atoms with van der Waals surface area (Å²) >= 11 is 0. The quantitative estimate of drug-likeness (QED) is 0.598. The number of ether oxygens (including phenoxy) is 1. The van der Waals surface area contributed by atoms with Crippen LogP contribution in [0.15, 0.2) is 65.3 Å². The Balaban J connectivity index is 0.00000196. The molecule has 4 rings (SSSR count). The molecule has 0 bridgehead atoms. The van der Waals surface area contributed by atoms with Crippen LogP contribution in [0.5, 0.6) is 5.75 Å². The number of hydrogen-bond acceptors (Lipinski definition) is 4.